The number of methoxy groups -OCH3 is 1. The molecule has 1 heterocycles. The van der Waals surface area contributed by atoms with Gasteiger partial charge in [0.25, 0.3) is 0 Å². The molecule has 2 N–H and O–H groups in total. The first kappa shape index (κ1) is 8.79. The third kappa shape index (κ3) is 1.20. The summed E-state index contributed by atoms with van der Waals surface area (Å²) in [5.41, 5.74) is -1.63. The first-order chi connectivity index (χ1) is 5.49. The van der Waals surface area contributed by atoms with Crippen molar-refractivity contribution in [3.8, 4) is 0 Å². The van der Waals surface area contributed by atoms with Crippen LogP contribution in [0.1, 0.15) is 0 Å². The number of rotatable bonds is 1. The number of carboxylic acid groups (broad SMARTS) is 1. The van der Waals surface area contributed by atoms with Crippen molar-refractivity contribution in [1.82, 2.24) is 4.90 Å². The van der Waals surface area contributed by atoms with Gasteiger partial charge >= 0.3 is 12.1 Å². The van der Waals surface area contributed by atoms with E-state index >= 15 is 0 Å². The average molecular weight is 175 g/mol. The van der Waals surface area contributed by atoms with Crippen molar-refractivity contribution in [2.45, 2.75) is 5.60 Å². The highest BCUT2D eigenvalue weighted by Gasteiger charge is 2.50. The standard InChI is InChI=1S/C6H9NO5/c1-12-4(8)6(11)2-7(3-6)5(9)10/h11H,2-3H2,1H3,(H,9,10). The second kappa shape index (κ2) is 2.63. The summed E-state index contributed by atoms with van der Waals surface area (Å²) in [6, 6.07) is 0. The molecular formula is C6H9NO5. The van der Waals surface area contributed by atoms with Gasteiger partial charge in [-0.2, -0.15) is 0 Å². The van der Waals surface area contributed by atoms with Gasteiger partial charge in [-0.15, -0.1) is 0 Å². The minimum atomic E-state index is -1.63. The van der Waals surface area contributed by atoms with E-state index in [2.05, 4.69) is 4.74 Å². The number of hydrogen-bond donors (Lipinski definition) is 2. The minimum absolute atomic E-state index is 0.213. The van der Waals surface area contributed by atoms with E-state index in [9.17, 15) is 14.7 Å². The van der Waals surface area contributed by atoms with Crippen LogP contribution in [0.25, 0.3) is 0 Å². The number of hydrogen-bond acceptors (Lipinski definition) is 4. The Morgan fingerprint density at radius 3 is 2.33 bits per heavy atom. The molecule has 0 unspecified atom stereocenters. The number of amides is 1. The zero-order valence-electron chi connectivity index (χ0n) is 6.48. The van der Waals surface area contributed by atoms with Crippen molar-refractivity contribution >= 4 is 12.1 Å². The monoisotopic (exact) mass is 175 g/mol. The van der Waals surface area contributed by atoms with Gasteiger partial charge < -0.3 is 19.8 Å². The quantitative estimate of drug-likeness (QED) is 0.493. The van der Waals surface area contributed by atoms with Crippen LogP contribution in [0.5, 0.6) is 0 Å². The number of β-amino-alcohol motifs (C(OH)–C–C–N with tert-alkyl or cyclic N) is 1. The first-order valence-corrected chi connectivity index (χ1v) is 3.28. The van der Waals surface area contributed by atoms with E-state index in [1.807, 2.05) is 0 Å². The summed E-state index contributed by atoms with van der Waals surface area (Å²) < 4.78 is 4.28. The van der Waals surface area contributed by atoms with Crippen molar-refractivity contribution in [3.63, 3.8) is 0 Å². The van der Waals surface area contributed by atoms with Crippen molar-refractivity contribution in [3.05, 3.63) is 0 Å². The molecule has 12 heavy (non-hydrogen) atoms. The summed E-state index contributed by atoms with van der Waals surface area (Å²) in [5.74, 6) is -0.792. The highest BCUT2D eigenvalue weighted by atomic mass is 16.5. The molecule has 68 valence electrons. The molecule has 0 aliphatic carbocycles. The summed E-state index contributed by atoms with van der Waals surface area (Å²) in [4.78, 5) is 22.0. The predicted octanol–water partition coefficient (Wildman–Crippen LogP) is -1.12. The fraction of sp³-hybridized carbons (Fsp3) is 0.667. The topological polar surface area (TPSA) is 87.1 Å². The van der Waals surface area contributed by atoms with Crippen molar-refractivity contribution < 1.29 is 24.5 Å². The van der Waals surface area contributed by atoms with Crippen LogP contribution in [-0.2, 0) is 9.53 Å². The molecule has 1 rings (SSSR count). The Morgan fingerprint density at radius 2 is 2.00 bits per heavy atom. The Kier molecular flexibility index (Phi) is 1.93. The van der Waals surface area contributed by atoms with E-state index in [-0.39, 0.29) is 13.1 Å². The number of carbonyl (C=O) groups excluding carboxylic acids is 1. The van der Waals surface area contributed by atoms with Gasteiger partial charge in [0.2, 0.25) is 0 Å². The maximum Gasteiger partial charge on any atom is 0.407 e. The van der Waals surface area contributed by atoms with Crippen LogP contribution in [0, 0.1) is 0 Å². The molecule has 1 amide bonds. The lowest BCUT2D eigenvalue weighted by Gasteiger charge is -2.41. The summed E-state index contributed by atoms with van der Waals surface area (Å²) in [5, 5.41) is 17.7. The molecule has 0 aromatic heterocycles. The Hall–Kier alpha value is -1.30. The van der Waals surface area contributed by atoms with E-state index in [4.69, 9.17) is 5.11 Å². The molecule has 1 fully saturated rings. The Morgan fingerprint density at radius 1 is 1.50 bits per heavy atom. The SMILES string of the molecule is COC(=O)C1(O)CN(C(=O)O)C1. The maximum atomic E-state index is 10.8. The maximum absolute atomic E-state index is 10.8. The summed E-state index contributed by atoms with van der Waals surface area (Å²) in [6.07, 6.45) is -1.15. The van der Waals surface area contributed by atoms with Gasteiger partial charge in [0.05, 0.1) is 20.2 Å². The smallest absolute Gasteiger partial charge is 0.407 e. The second-order valence-electron chi connectivity index (χ2n) is 2.66. The molecule has 0 bridgehead atoms. The van der Waals surface area contributed by atoms with Crippen molar-refractivity contribution in [2.24, 2.45) is 0 Å². The van der Waals surface area contributed by atoms with E-state index in [1.165, 1.54) is 0 Å². The molecule has 1 aliphatic rings. The number of likely N-dealkylation sites (tertiary alicyclic amines) is 1. The number of ether oxygens (including phenoxy) is 1. The van der Waals surface area contributed by atoms with Crippen LogP contribution in [0.4, 0.5) is 4.79 Å². The normalized spacial score (nSPS) is 19.7. The van der Waals surface area contributed by atoms with Crippen LogP contribution in [-0.4, -0.2) is 53.0 Å². The molecule has 0 radical (unpaired) electrons. The summed E-state index contributed by atoms with van der Waals surface area (Å²) in [7, 11) is 1.14. The van der Waals surface area contributed by atoms with Gasteiger partial charge in [-0.1, -0.05) is 0 Å². The molecule has 0 aromatic carbocycles. The highest BCUT2D eigenvalue weighted by molar-refractivity contribution is 5.83. The molecule has 0 aromatic rings. The number of nitrogens with zero attached hydrogens (tertiary/aromatic N) is 1. The largest absolute Gasteiger partial charge is 0.467 e. The van der Waals surface area contributed by atoms with E-state index in [1.54, 1.807) is 0 Å². The Balaban J connectivity index is 2.50. The van der Waals surface area contributed by atoms with Crippen LogP contribution < -0.4 is 0 Å². The molecule has 6 nitrogen and oxygen atoms in total. The highest BCUT2D eigenvalue weighted by Crippen LogP contribution is 2.21. The second-order valence-corrected chi connectivity index (χ2v) is 2.66. The number of esters is 1. The van der Waals surface area contributed by atoms with E-state index in [0.717, 1.165) is 12.0 Å². The number of aliphatic hydroxyl groups is 1. The minimum Gasteiger partial charge on any atom is -0.467 e. The zero-order chi connectivity index (χ0) is 9.35. The van der Waals surface area contributed by atoms with Crippen LogP contribution in [0.2, 0.25) is 0 Å². The molecule has 0 spiro atoms. The summed E-state index contributed by atoms with van der Waals surface area (Å²) in [6.45, 7) is -0.427. The predicted molar refractivity (Wildman–Crippen MR) is 36.6 cm³/mol. The number of carbonyl (C=O) groups is 2. The van der Waals surface area contributed by atoms with E-state index < -0.39 is 17.7 Å². The summed E-state index contributed by atoms with van der Waals surface area (Å²) >= 11 is 0. The van der Waals surface area contributed by atoms with Gasteiger partial charge in [-0.05, 0) is 0 Å². The molecule has 1 saturated heterocycles. The molecular weight excluding hydrogens is 166 g/mol. The Bertz CT molecular complexity index is 220. The molecule has 6 heteroatoms. The fourth-order valence-electron chi connectivity index (χ4n) is 1.04. The third-order valence-electron chi connectivity index (χ3n) is 1.74. The fourth-order valence-corrected chi connectivity index (χ4v) is 1.04. The lowest BCUT2D eigenvalue weighted by Crippen LogP contribution is -2.67. The molecule has 1 aliphatic heterocycles. The van der Waals surface area contributed by atoms with Crippen molar-refractivity contribution in [1.29, 1.82) is 0 Å². The van der Waals surface area contributed by atoms with Crippen molar-refractivity contribution in [2.75, 3.05) is 20.2 Å². The van der Waals surface area contributed by atoms with Crippen LogP contribution in [0.15, 0.2) is 0 Å². The lowest BCUT2D eigenvalue weighted by atomic mass is 9.95. The average Bonchev–Trinajstić information content (AvgIpc) is 1.96. The van der Waals surface area contributed by atoms with Crippen LogP contribution >= 0.6 is 0 Å². The molecule has 0 saturated carbocycles. The zero-order valence-corrected chi connectivity index (χ0v) is 6.48. The van der Waals surface area contributed by atoms with Gasteiger partial charge in [0, 0.05) is 0 Å². The van der Waals surface area contributed by atoms with Gasteiger partial charge in [0.15, 0.2) is 5.60 Å². The van der Waals surface area contributed by atoms with E-state index in [0.29, 0.717) is 0 Å². The van der Waals surface area contributed by atoms with Crippen LogP contribution in [0.3, 0.4) is 0 Å². The molecule has 0 atom stereocenters. The Labute approximate surface area is 68.3 Å². The third-order valence-corrected chi connectivity index (χ3v) is 1.74. The lowest BCUT2D eigenvalue weighted by molar-refractivity contribution is -0.177. The van der Waals surface area contributed by atoms with Gasteiger partial charge in [-0.3, -0.25) is 0 Å². The van der Waals surface area contributed by atoms with Gasteiger partial charge in [0.1, 0.15) is 0 Å². The van der Waals surface area contributed by atoms with Gasteiger partial charge in [-0.25, -0.2) is 9.59 Å². The first-order valence-electron chi connectivity index (χ1n) is 3.28.